The number of benzene rings is 6. The van der Waals surface area contributed by atoms with Gasteiger partial charge in [-0.1, -0.05) is 84.9 Å². The summed E-state index contributed by atoms with van der Waals surface area (Å²) in [5.74, 6) is 0. The summed E-state index contributed by atoms with van der Waals surface area (Å²) in [4.78, 5) is 2.36. The Labute approximate surface area is 193 Å². The van der Waals surface area contributed by atoms with E-state index >= 15 is 0 Å². The van der Waals surface area contributed by atoms with Crippen LogP contribution in [-0.4, -0.2) is 0 Å². The molecule has 0 atom stereocenters. The fourth-order valence-electron chi connectivity index (χ4n) is 5.30. The predicted octanol–water partition coefficient (Wildman–Crippen LogP) is 9.11. The third kappa shape index (κ3) is 2.73. The molecule has 0 heterocycles. The molecule has 0 saturated heterocycles. The monoisotopic (exact) mass is 419 g/mol. The summed E-state index contributed by atoms with van der Waals surface area (Å²) in [5, 5.41) is 5.20. The largest absolute Gasteiger partial charge is 0.310 e. The second kappa shape index (κ2) is 7.08. The van der Waals surface area contributed by atoms with E-state index in [2.05, 4.69) is 132 Å². The highest BCUT2D eigenvalue weighted by Crippen LogP contribution is 2.51. The molecule has 0 amide bonds. The van der Waals surface area contributed by atoms with Crippen molar-refractivity contribution >= 4 is 38.6 Å². The van der Waals surface area contributed by atoms with Crippen molar-refractivity contribution in [3.8, 4) is 22.3 Å². The van der Waals surface area contributed by atoms with E-state index < -0.39 is 0 Å². The maximum atomic E-state index is 2.36. The molecule has 154 valence electrons. The molecule has 0 radical (unpaired) electrons. The Morgan fingerprint density at radius 3 is 1.55 bits per heavy atom. The van der Waals surface area contributed by atoms with Crippen LogP contribution in [0, 0.1) is 0 Å². The Hall–Kier alpha value is -4.36. The molecule has 0 fully saturated rings. The van der Waals surface area contributed by atoms with Crippen LogP contribution in [-0.2, 0) is 0 Å². The molecule has 33 heavy (non-hydrogen) atoms. The number of hydrogen-bond donors (Lipinski definition) is 0. The van der Waals surface area contributed by atoms with Crippen LogP contribution in [0.2, 0.25) is 0 Å². The summed E-state index contributed by atoms with van der Waals surface area (Å²) >= 11 is 0. The van der Waals surface area contributed by atoms with Gasteiger partial charge in [0.2, 0.25) is 0 Å². The molecule has 0 unspecified atom stereocenters. The van der Waals surface area contributed by atoms with Gasteiger partial charge in [-0.15, -0.1) is 0 Å². The fourth-order valence-corrected chi connectivity index (χ4v) is 5.30. The summed E-state index contributed by atoms with van der Waals surface area (Å²) in [5.41, 5.74) is 8.83. The summed E-state index contributed by atoms with van der Waals surface area (Å²) in [6.07, 6.45) is 0. The minimum absolute atomic E-state index is 1.16. The van der Waals surface area contributed by atoms with Crippen molar-refractivity contribution in [1.82, 2.24) is 0 Å². The van der Waals surface area contributed by atoms with Gasteiger partial charge in [0.1, 0.15) is 0 Å². The number of nitrogens with zero attached hydrogens (tertiary/aromatic N) is 1. The molecular weight excluding hydrogens is 398 g/mol. The van der Waals surface area contributed by atoms with Crippen LogP contribution < -0.4 is 4.90 Å². The smallest absolute Gasteiger partial charge is 0.0540 e. The highest BCUT2D eigenvalue weighted by atomic mass is 15.1. The van der Waals surface area contributed by atoms with Crippen LogP contribution in [0.15, 0.2) is 127 Å². The minimum atomic E-state index is 1.16. The first kappa shape index (κ1) is 18.2. The lowest BCUT2D eigenvalue weighted by Crippen LogP contribution is -2.10. The number of anilines is 3. The third-order valence-electron chi connectivity index (χ3n) is 6.75. The first-order chi connectivity index (χ1) is 16.4. The van der Waals surface area contributed by atoms with Crippen molar-refractivity contribution < 1.29 is 0 Å². The van der Waals surface area contributed by atoms with Crippen LogP contribution in [0.1, 0.15) is 0 Å². The lowest BCUT2D eigenvalue weighted by atomic mass is 9.99. The van der Waals surface area contributed by atoms with E-state index in [0.717, 1.165) is 11.4 Å². The zero-order valence-electron chi connectivity index (χ0n) is 18.1. The molecule has 0 spiro atoms. The Bertz CT molecular complexity index is 1560. The van der Waals surface area contributed by atoms with Crippen molar-refractivity contribution in [2.45, 2.75) is 0 Å². The normalized spacial score (nSPS) is 11.6. The molecule has 1 nitrogen and oxygen atoms in total. The average Bonchev–Trinajstić information content (AvgIpc) is 3.19. The molecule has 1 heteroatoms. The minimum Gasteiger partial charge on any atom is -0.310 e. The highest BCUT2D eigenvalue weighted by molar-refractivity contribution is 6.20. The standard InChI is InChI=1S/C32H21N/c1-3-12-24(13-4-1)33(25-14-5-2-6-15-25)31-19-18-27-30-21-23-11-8-7-10-22(23)20-29(30)26-16-9-17-28(31)32(26)27/h1-21H. The summed E-state index contributed by atoms with van der Waals surface area (Å²) in [6.45, 7) is 0. The molecule has 0 aromatic heterocycles. The molecular formula is C32H21N. The van der Waals surface area contributed by atoms with Crippen molar-refractivity contribution in [2.24, 2.45) is 0 Å². The predicted molar refractivity (Wildman–Crippen MR) is 141 cm³/mol. The molecule has 6 aromatic rings. The fraction of sp³-hybridized carbons (Fsp3) is 0. The van der Waals surface area contributed by atoms with Crippen molar-refractivity contribution in [2.75, 3.05) is 4.90 Å². The van der Waals surface area contributed by atoms with Crippen LogP contribution >= 0.6 is 0 Å². The van der Waals surface area contributed by atoms with Crippen molar-refractivity contribution in [3.63, 3.8) is 0 Å². The second-order valence-corrected chi connectivity index (χ2v) is 8.61. The molecule has 0 saturated carbocycles. The topological polar surface area (TPSA) is 3.24 Å². The summed E-state index contributed by atoms with van der Waals surface area (Å²) < 4.78 is 0. The van der Waals surface area contributed by atoms with Gasteiger partial charge in [0, 0.05) is 16.8 Å². The average molecular weight is 420 g/mol. The molecule has 0 bridgehead atoms. The molecule has 6 aromatic carbocycles. The van der Waals surface area contributed by atoms with Gasteiger partial charge in [-0.05, 0) is 80.9 Å². The molecule has 1 aliphatic carbocycles. The van der Waals surface area contributed by atoms with E-state index in [1.165, 1.54) is 49.5 Å². The maximum absolute atomic E-state index is 2.36. The second-order valence-electron chi connectivity index (χ2n) is 8.61. The van der Waals surface area contributed by atoms with Gasteiger partial charge in [-0.2, -0.15) is 0 Å². The summed E-state index contributed by atoms with van der Waals surface area (Å²) in [7, 11) is 0. The molecule has 7 rings (SSSR count). The van der Waals surface area contributed by atoms with E-state index in [4.69, 9.17) is 0 Å². The lowest BCUT2D eigenvalue weighted by Gasteiger charge is -2.27. The van der Waals surface area contributed by atoms with E-state index in [9.17, 15) is 0 Å². The maximum Gasteiger partial charge on any atom is 0.0540 e. The number of hydrogen-bond acceptors (Lipinski definition) is 1. The van der Waals surface area contributed by atoms with Gasteiger partial charge in [0.05, 0.1) is 5.69 Å². The lowest BCUT2D eigenvalue weighted by molar-refractivity contribution is 1.30. The quantitative estimate of drug-likeness (QED) is 0.276. The number of fused-ring (bicyclic) bond motifs is 4. The van der Waals surface area contributed by atoms with Crippen LogP contribution in [0.4, 0.5) is 17.1 Å². The number of rotatable bonds is 3. The Morgan fingerprint density at radius 2 is 0.939 bits per heavy atom. The third-order valence-corrected chi connectivity index (χ3v) is 6.75. The highest BCUT2D eigenvalue weighted by Gasteiger charge is 2.25. The van der Waals surface area contributed by atoms with Gasteiger partial charge >= 0.3 is 0 Å². The zero-order valence-corrected chi connectivity index (χ0v) is 18.1. The Kier molecular flexibility index (Phi) is 3.91. The van der Waals surface area contributed by atoms with Crippen LogP contribution in [0.5, 0.6) is 0 Å². The Balaban J connectivity index is 1.52. The van der Waals surface area contributed by atoms with Crippen molar-refractivity contribution in [3.05, 3.63) is 127 Å². The van der Waals surface area contributed by atoms with Crippen LogP contribution in [0.3, 0.4) is 0 Å². The van der Waals surface area contributed by atoms with Gasteiger partial charge in [0.15, 0.2) is 0 Å². The van der Waals surface area contributed by atoms with E-state index in [1.807, 2.05) is 0 Å². The van der Waals surface area contributed by atoms with Crippen molar-refractivity contribution in [1.29, 1.82) is 0 Å². The molecule has 0 N–H and O–H groups in total. The van der Waals surface area contributed by atoms with E-state index in [-0.39, 0.29) is 0 Å². The first-order valence-corrected chi connectivity index (χ1v) is 11.4. The van der Waals surface area contributed by atoms with E-state index in [1.54, 1.807) is 0 Å². The van der Waals surface area contributed by atoms with E-state index in [0.29, 0.717) is 0 Å². The van der Waals surface area contributed by atoms with Crippen LogP contribution in [0.25, 0.3) is 43.8 Å². The van der Waals surface area contributed by atoms with Gasteiger partial charge in [-0.3, -0.25) is 0 Å². The van der Waals surface area contributed by atoms with Gasteiger partial charge in [0.25, 0.3) is 0 Å². The summed E-state index contributed by atoms with van der Waals surface area (Å²) in [6, 6.07) is 45.9. The van der Waals surface area contributed by atoms with Gasteiger partial charge < -0.3 is 4.90 Å². The first-order valence-electron chi connectivity index (χ1n) is 11.4. The Morgan fingerprint density at radius 1 is 0.394 bits per heavy atom. The SMILES string of the molecule is c1ccc(N(c2ccccc2)c2ccc3c4c(cccc24)-c2cc4ccccc4cc2-3)cc1. The zero-order chi connectivity index (χ0) is 21.8. The number of para-hydroxylation sites is 2. The molecule has 0 aliphatic heterocycles. The van der Waals surface area contributed by atoms with Gasteiger partial charge in [-0.25, -0.2) is 0 Å². The molecule has 1 aliphatic rings.